The number of hydrogen-bond acceptors (Lipinski definition) is 4. The van der Waals surface area contributed by atoms with Gasteiger partial charge in [-0.1, -0.05) is 24.6 Å². The van der Waals surface area contributed by atoms with Crippen LogP contribution in [0.1, 0.15) is 57.3 Å². The number of amides is 1. The zero-order valence-electron chi connectivity index (χ0n) is 14.1. The van der Waals surface area contributed by atoms with Crippen molar-refractivity contribution >= 4 is 39.8 Å². The lowest BCUT2D eigenvalue weighted by atomic mass is 9.95. The third-order valence-corrected chi connectivity index (χ3v) is 5.57. The summed E-state index contributed by atoms with van der Waals surface area (Å²) in [4.78, 5) is 26.3. The third-order valence-electron chi connectivity index (χ3n) is 4.13. The summed E-state index contributed by atoms with van der Waals surface area (Å²) in [6, 6.07) is 6.76. The van der Waals surface area contributed by atoms with Crippen molar-refractivity contribution in [2.24, 2.45) is 0 Å². The molecule has 132 valence electrons. The van der Waals surface area contributed by atoms with Crippen LogP contribution >= 0.6 is 22.9 Å². The number of fused-ring (bicyclic) bond motifs is 1. The van der Waals surface area contributed by atoms with Crippen molar-refractivity contribution in [1.82, 2.24) is 0 Å². The van der Waals surface area contributed by atoms with Crippen molar-refractivity contribution in [2.75, 3.05) is 11.9 Å². The minimum absolute atomic E-state index is 0.273. The molecule has 1 aromatic heterocycles. The SMILES string of the molecule is CCCOC(=O)c1c(NC(=O)c2cccc(Cl)c2)sc2c1CCCC2. The van der Waals surface area contributed by atoms with Crippen molar-refractivity contribution in [3.63, 3.8) is 0 Å². The van der Waals surface area contributed by atoms with E-state index in [9.17, 15) is 9.59 Å². The molecule has 1 aromatic carbocycles. The van der Waals surface area contributed by atoms with Crippen LogP contribution in [0.2, 0.25) is 5.02 Å². The topological polar surface area (TPSA) is 55.4 Å². The van der Waals surface area contributed by atoms with Gasteiger partial charge >= 0.3 is 5.97 Å². The molecule has 0 saturated heterocycles. The first-order chi connectivity index (χ1) is 12.1. The summed E-state index contributed by atoms with van der Waals surface area (Å²) in [5.74, 6) is -0.617. The molecule has 0 fully saturated rings. The minimum Gasteiger partial charge on any atom is -0.462 e. The molecule has 1 aliphatic carbocycles. The number of benzene rings is 1. The summed E-state index contributed by atoms with van der Waals surface area (Å²) in [5.41, 5.74) is 2.04. The molecule has 1 amide bonds. The molecule has 3 rings (SSSR count). The zero-order valence-corrected chi connectivity index (χ0v) is 15.6. The second-order valence-electron chi connectivity index (χ2n) is 6.02. The normalized spacial score (nSPS) is 13.2. The largest absolute Gasteiger partial charge is 0.462 e. The van der Waals surface area contributed by atoms with Crippen LogP contribution in [0.25, 0.3) is 0 Å². The van der Waals surface area contributed by atoms with E-state index in [1.54, 1.807) is 24.3 Å². The maximum atomic E-state index is 12.6. The number of aryl methyl sites for hydroxylation is 1. The number of halogens is 1. The Morgan fingerprint density at radius 1 is 1.28 bits per heavy atom. The van der Waals surface area contributed by atoms with Gasteiger partial charge in [-0.15, -0.1) is 11.3 Å². The second kappa shape index (κ2) is 8.02. The Hall–Kier alpha value is -1.85. The van der Waals surface area contributed by atoms with E-state index in [1.165, 1.54) is 16.2 Å². The molecule has 2 aromatic rings. The maximum absolute atomic E-state index is 12.6. The van der Waals surface area contributed by atoms with Crippen LogP contribution in [-0.4, -0.2) is 18.5 Å². The molecule has 1 aliphatic rings. The number of rotatable bonds is 5. The number of anilines is 1. The van der Waals surface area contributed by atoms with E-state index in [0.29, 0.717) is 27.8 Å². The molecular weight excluding hydrogens is 358 g/mol. The number of carbonyl (C=O) groups excluding carboxylic acids is 2. The van der Waals surface area contributed by atoms with Crippen LogP contribution in [0.5, 0.6) is 0 Å². The molecule has 1 N–H and O–H groups in total. The van der Waals surface area contributed by atoms with E-state index >= 15 is 0 Å². The molecular formula is C19H20ClNO3S. The van der Waals surface area contributed by atoms with Crippen molar-refractivity contribution in [3.8, 4) is 0 Å². The van der Waals surface area contributed by atoms with Crippen molar-refractivity contribution in [1.29, 1.82) is 0 Å². The molecule has 0 saturated carbocycles. The van der Waals surface area contributed by atoms with Gasteiger partial charge in [-0.2, -0.15) is 0 Å². The zero-order chi connectivity index (χ0) is 17.8. The molecule has 6 heteroatoms. The van der Waals surface area contributed by atoms with Crippen LogP contribution < -0.4 is 5.32 Å². The van der Waals surface area contributed by atoms with Gasteiger partial charge in [0.25, 0.3) is 5.91 Å². The fourth-order valence-electron chi connectivity index (χ4n) is 2.94. The smallest absolute Gasteiger partial charge is 0.341 e. The molecule has 25 heavy (non-hydrogen) atoms. The summed E-state index contributed by atoms with van der Waals surface area (Å²) >= 11 is 7.45. The third kappa shape index (κ3) is 4.05. The van der Waals surface area contributed by atoms with E-state index in [2.05, 4.69) is 5.32 Å². The van der Waals surface area contributed by atoms with Crippen LogP contribution in [-0.2, 0) is 17.6 Å². The predicted octanol–water partition coefficient (Wildman–Crippen LogP) is 5.10. The summed E-state index contributed by atoms with van der Waals surface area (Å²) < 4.78 is 5.34. The highest BCUT2D eigenvalue weighted by Crippen LogP contribution is 2.38. The first-order valence-corrected chi connectivity index (χ1v) is 9.68. The quantitative estimate of drug-likeness (QED) is 0.737. The second-order valence-corrected chi connectivity index (χ2v) is 7.56. The minimum atomic E-state index is -0.345. The number of hydrogen-bond donors (Lipinski definition) is 1. The van der Waals surface area contributed by atoms with Gasteiger partial charge in [-0.05, 0) is 55.9 Å². The first-order valence-electron chi connectivity index (χ1n) is 8.48. The molecule has 0 aliphatic heterocycles. The van der Waals surface area contributed by atoms with Gasteiger partial charge in [-0.25, -0.2) is 4.79 Å². The number of carbonyl (C=O) groups is 2. The molecule has 0 atom stereocenters. The Labute approximate surface area is 156 Å². The number of ether oxygens (including phenoxy) is 1. The molecule has 0 bridgehead atoms. The fraction of sp³-hybridized carbons (Fsp3) is 0.368. The standard InChI is InChI=1S/C19H20ClNO3S/c1-2-10-24-19(23)16-14-8-3-4-9-15(14)25-18(16)21-17(22)12-6-5-7-13(20)11-12/h5-7,11H,2-4,8-10H2,1H3,(H,21,22). The maximum Gasteiger partial charge on any atom is 0.341 e. The van der Waals surface area contributed by atoms with Gasteiger partial charge in [0.2, 0.25) is 0 Å². The Bertz CT molecular complexity index is 800. The van der Waals surface area contributed by atoms with Crippen molar-refractivity contribution < 1.29 is 14.3 Å². The van der Waals surface area contributed by atoms with Gasteiger partial charge in [0.15, 0.2) is 0 Å². The van der Waals surface area contributed by atoms with Gasteiger partial charge in [0.05, 0.1) is 12.2 Å². The monoisotopic (exact) mass is 377 g/mol. The van der Waals surface area contributed by atoms with Crippen LogP contribution in [0, 0.1) is 0 Å². The Morgan fingerprint density at radius 2 is 2.08 bits per heavy atom. The average Bonchev–Trinajstić information content (AvgIpc) is 2.97. The Morgan fingerprint density at radius 3 is 2.84 bits per heavy atom. The average molecular weight is 378 g/mol. The lowest BCUT2D eigenvalue weighted by Gasteiger charge is -2.12. The highest BCUT2D eigenvalue weighted by atomic mass is 35.5. The van der Waals surface area contributed by atoms with Crippen LogP contribution in [0.4, 0.5) is 5.00 Å². The summed E-state index contributed by atoms with van der Waals surface area (Å²) in [7, 11) is 0. The van der Waals surface area contributed by atoms with E-state index < -0.39 is 0 Å². The van der Waals surface area contributed by atoms with Gasteiger partial charge in [0.1, 0.15) is 5.00 Å². The number of esters is 1. The molecule has 0 unspecified atom stereocenters. The summed E-state index contributed by atoms with van der Waals surface area (Å²) in [5, 5.41) is 3.97. The van der Waals surface area contributed by atoms with Gasteiger partial charge in [0, 0.05) is 15.5 Å². The van der Waals surface area contributed by atoms with Crippen molar-refractivity contribution in [3.05, 3.63) is 50.9 Å². The Balaban J connectivity index is 1.90. The molecule has 0 spiro atoms. The highest BCUT2D eigenvalue weighted by molar-refractivity contribution is 7.17. The van der Waals surface area contributed by atoms with E-state index in [1.807, 2.05) is 6.92 Å². The fourth-order valence-corrected chi connectivity index (χ4v) is 4.40. The molecule has 0 radical (unpaired) electrons. The lowest BCUT2D eigenvalue weighted by Crippen LogP contribution is -2.16. The van der Waals surface area contributed by atoms with Gasteiger partial charge < -0.3 is 10.1 Å². The van der Waals surface area contributed by atoms with Gasteiger partial charge in [-0.3, -0.25) is 4.79 Å². The van der Waals surface area contributed by atoms with Crippen molar-refractivity contribution in [2.45, 2.75) is 39.0 Å². The number of nitrogens with one attached hydrogen (secondary N) is 1. The van der Waals surface area contributed by atoms with E-state index in [-0.39, 0.29) is 11.9 Å². The first kappa shape index (κ1) is 18.0. The van der Waals surface area contributed by atoms with Crippen LogP contribution in [0.3, 0.4) is 0 Å². The number of thiophene rings is 1. The molecule has 4 nitrogen and oxygen atoms in total. The summed E-state index contributed by atoms with van der Waals surface area (Å²) in [6.45, 7) is 2.34. The van der Waals surface area contributed by atoms with E-state index in [4.69, 9.17) is 16.3 Å². The summed E-state index contributed by atoms with van der Waals surface area (Å²) in [6.07, 6.45) is 4.73. The highest BCUT2D eigenvalue weighted by Gasteiger charge is 2.27. The van der Waals surface area contributed by atoms with E-state index in [0.717, 1.165) is 37.7 Å². The lowest BCUT2D eigenvalue weighted by molar-refractivity contribution is 0.0505. The molecule has 1 heterocycles. The Kier molecular flexibility index (Phi) is 5.76. The van der Waals surface area contributed by atoms with Crippen LogP contribution in [0.15, 0.2) is 24.3 Å². The predicted molar refractivity (Wildman–Crippen MR) is 101 cm³/mol.